The third-order valence-corrected chi connectivity index (χ3v) is 4.90. The molecule has 1 aromatic heterocycles. The third kappa shape index (κ3) is 4.28. The number of nitrogens with zero attached hydrogens (tertiary/aromatic N) is 1. The van der Waals surface area contributed by atoms with Crippen LogP contribution < -0.4 is 10.5 Å². The highest BCUT2D eigenvalue weighted by Gasteiger charge is 2.17. The second-order valence-electron chi connectivity index (χ2n) is 4.51. The minimum Gasteiger partial charge on any atom is -0.349 e. The summed E-state index contributed by atoms with van der Waals surface area (Å²) in [7, 11) is -3.63. The Hall–Kier alpha value is -1.41. The number of H-pyrrole nitrogens is 1. The minimum atomic E-state index is -3.63. The van der Waals surface area contributed by atoms with Gasteiger partial charge in [0, 0.05) is 31.9 Å². The molecular weight excluding hydrogens is 312 g/mol. The van der Waals surface area contributed by atoms with E-state index in [1.165, 1.54) is 6.07 Å². The summed E-state index contributed by atoms with van der Waals surface area (Å²) in [6.45, 7) is 0.574. The Morgan fingerprint density at radius 1 is 1.38 bits per heavy atom. The van der Waals surface area contributed by atoms with Crippen molar-refractivity contribution in [3.05, 3.63) is 47.0 Å². The molecule has 0 unspecified atom stereocenters. The van der Waals surface area contributed by atoms with Gasteiger partial charge in [0.1, 0.15) is 10.7 Å². The highest BCUT2D eigenvalue weighted by Crippen LogP contribution is 2.22. The fourth-order valence-corrected chi connectivity index (χ4v) is 3.48. The maximum absolute atomic E-state index is 12.2. The molecule has 2 aromatic rings. The first kappa shape index (κ1) is 16.0. The van der Waals surface area contributed by atoms with Crippen LogP contribution in [0.2, 0.25) is 5.02 Å². The van der Waals surface area contributed by atoms with Crippen LogP contribution in [0.25, 0.3) is 0 Å². The first-order valence-electron chi connectivity index (χ1n) is 6.49. The Kier molecular flexibility index (Phi) is 5.35. The number of nitrogens with two attached hydrogens (primary N) is 1. The number of hydrogen-bond donors (Lipinski definition) is 3. The zero-order chi connectivity index (χ0) is 15.3. The summed E-state index contributed by atoms with van der Waals surface area (Å²) in [5, 5.41) is 0.186. The van der Waals surface area contributed by atoms with Crippen molar-refractivity contribution in [2.24, 2.45) is 5.73 Å². The van der Waals surface area contributed by atoms with E-state index in [0.29, 0.717) is 19.4 Å². The number of hydrogen-bond acceptors (Lipinski definition) is 4. The summed E-state index contributed by atoms with van der Waals surface area (Å²) in [6, 6.07) is 4.75. The van der Waals surface area contributed by atoms with Crippen molar-refractivity contribution in [1.29, 1.82) is 0 Å². The van der Waals surface area contributed by atoms with E-state index in [9.17, 15) is 8.42 Å². The normalized spacial score (nSPS) is 11.7. The number of benzene rings is 1. The molecule has 0 atom stereocenters. The number of aromatic amines is 1. The summed E-state index contributed by atoms with van der Waals surface area (Å²) < 4.78 is 27.0. The van der Waals surface area contributed by atoms with Gasteiger partial charge in [-0.1, -0.05) is 17.7 Å². The number of halogens is 1. The molecular formula is C13H17ClN4O2S. The third-order valence-electron chi connectivity index (χ3n) is 2.96. The van der Waals surface area contributed by atoms with E-state index < -0.39 is 10.0 Å². The molecule has 0 bridgehead atoms. The molecule has 0 radical (unpaired) electrons. The monoisotopic (exact) mass is 328 g/mol. The van der Waals surface area contributed by atoms with Crippen LogP contribution in [0.4, 0.5) is 0 Å². The van der Waals surface area contributed by atoms with Crippen LogP contribution >= 0.6 is 11.6 Å². The molecule has 0 amide bonds. The van der Waals surface area contributed by atoms with Crippen LogP contribution in [0.3, 0.4) is 0 Å². The predicted octanol–water partition coefficient (Wildman–Crippen LogP) is 1.43. The predicted molar refractivity (Wildman–Crippen MR) is 81.4 cm³/mol. The Morgan fingerprint density at radius 2 is 2.19 bits per heavy atom. The average Bonchev–Trinajstić information content (AvgIpc) is 2.97. The van der Waals surface area contributed by atoms with Crippen molar-refractivity contribution < 1.29 is 8.42 Å². The fourth-order valence-electron chi connectivity index (χ4n) is 1.86. The molecule has 1 heterocycles. The Balaban J connectivity index is 1.98. The number of aromatic nitrogens is 2. The number of imidazole rings is 1. The van der Waals surface area contributed by atoms with Gasteiger partial charge in [-0.15, -0.1) is 0 Å². The second kappa shape index (κ2) is 7.04. The van der Waals surface area contributed by atoms with Crippen molar-refractivity contribution in [3.63, 3.8) is 0 Å². The molecule has 0 saturated heterocycles. The number of sulfonamides is 1. The van der Waals surface area contributed by atoms with Gasteiger partial charge in [0.25, 0.3) is 0 Å². The van der Waals surface area contributed by atoms with E-state index in [1.807, 2.05) is 0 Å². The molecule has 0 fully saturated rings. The van der Waals surface area contributed by atoms with Gasteiger partial charge in [-0.05, 0) is 24.1 Å². The van der Waals surface area contributed by atoms with E-state index in [1.54, 1.807) is 24.5 Å². The summed E-state index contributed by atoms with van der Waals surface area (Å²) in [6.07, 6.45) is 4.71. The van der Waals surface area contributed by atoms with E-state index in [4.69, 9.17) is 17.3 Å². The van der Waals surface area contributed by atoms with Gasteiger partial charge >= 0.3 is 0 Å². The Bertz CT molecular complexity index is 686. The highest BCUT2D eigenvalue weighted by molar-refractivity contribution is 7.89. The first-order chi connectivity index (χ1) is 10.0. The van der Waals surface area contributed by atoms with Gasteiger partial charge in [0.15, 0.2) is 0 Å². The highest BCUT2D eigenvalue weighted by atomic mass is 35.5. The molecule has 0 saturated carbocycles. The largest absolute Gasteiger partial charge is 0.349 e. The minimum absolute atomic E-state index is 0.0603. The number of rotatable bonds is 7. The van der Waals surface area contributed by atoms with Crippen LogP contribution in [-0.4, -0.2) is 24.9 Å². The zero-order valence-electron chi connectivity index (χ0n) is 11.3. The maximum Gasteiger partial charge on any atom is 0.242 e. The van der Waals surface area contributed by atoms with Crippen LogP contribution in [0.5, 0.6) is 0 Å². The molecule has 0 spiro atoms. The lowest BCUT2D eigenvalue weighted by Crippen LogP contribution is -2.25. The molecule has 2 rings (SSSR count). The quantitative estimate of drug-likeness (QED) is 0.669. The van der Waals surface area contributed by atoms with Crippen LogP contribution in [0.15, 0.2) is 35.5 Å². The van der Waals surface area contributed by atoms with Gasteiger partial charge in [0.05, 0.1) is 5.02 Å². The van der Waals surface area contributed by atoms with Crippen molar-refractivity contribution in [3.8, 4) is 0 Å². The maximum atomic E-state index is 12.2. The van der Waals surface area contributed by atoms with Crippen LogP contribution in [0.1, 0.15) is 17.8 Å². The van der Waals surface area contributed by atoms with Gasteiger partial charge in [-0.25, -0.2) is 18.1 Å². The molecule has 6 nitrogen and oxygen atoms in total. The van der Waals surface area contributed by atoms with Crippen molar-refractivity contribution >= 4 is 21.6 Å². The standard InChI is InChI=1S/C13H17ClN4O2S/c14-11-4-3-10(9-15)8-12(11)21(19,20)18-5-1-2-13-16-6-7-17-13/h3-4,6-8,18H,1-2,5,9,15H2,(H,16,17). The fraction of sp³-hybridized carbons (Fsp3) is 0.308. The molecule has 1 aromatic carbocycles. The molecule has 21 heavy (non-hydrogen) atoms. The molecule has 0 aliphatic heterocycles. The molecule has 114 valence electrons. The van der Waals surface area contributed by atoms with Crippen LogP contribution in [-0.2, 0) is 23.0 Å². The summed E-state index contributed by atoms with van der Waals surface area (Å²) in [5.41, 5.74) is 6.24. The van der Waals surface area contributed by atoms with Crippen molar-refractivity contribution in [2.45, 2.75) is 24.3 Å². The number of aryl methyl sites for hydroxylation is 1. The lowest BCUT2D eigenvalue weighted by Gasteiger charge is -2.09. The summed E-state index contributed by atoms with van der Waals surface area (Å²) >= 11 is 5.96. The van der Waals surface area contributed by atoms with E-state index in [2.05, 4.69) is 14.7 Å². The second-order valence-corrected chi connectivity index (χ2v) is 6.65. The Morgan fingerprint density at radius 3 is 2.86 bits per heavy atom. The summed E-state index contributed by atoms with van der Waals surface area (Å²) in [4.78, 5) is 7.11. The molecule has 4 N–H and O–H groups in total. The van der Waals surface area contributed by atoms with Gasteiger partial charge in [0.2, 0.25) is 10.0 Å². The topological polar surface area (TPSA) is 101 Å². The first-order valence-corrected chi connectivity index (χ1v) is 8.35. The zero-order valence-corrected chi connectivity index (χ0v) is 12.9. The van der Waals surface area contributed by atoms with Gasteiger partial charge in [-0.2, -0.15) is 0 Å². The lowest BCUT2D eigenvalue weighted by atomic mass is 10.2. The van der Waals surface area contributed by atoms with Crippen molar-refractivity contribution in [2.75, 3.05) is 6.54 Å². The van der Waals surface area contributed by atoms with E-state index >= 15 is 0 Å². The Labute approximate surface area is 128 Å². The molecule has 0 aliphatic rings. The SMILES string of the molecule is NCc1ccc(Cl)c(S(=O)(=O)NCCCc2ncc[nH]2)c1. The van der Waals surface area contributed by atoms with E-state index in [-0.39, 0.29) is 16.5 Å². The lowest BCUT2D eigenvalue weighted by molar-refractivity contribution is 0.578. The van der Waals surface area contributed by atoms with Crippen LogP contribution in [0, 0.1) is 0 Å². The number of nitrogens with one attached hydrogen (secondary N) is 2. The van der Waals surface area contributed by atoms with Gasteiger partial charge in [-0.3, -0.25) is 0 Å². The smallest absolute Gasteiger partial charge is 0.242 e. The molecule has 0 aliphatic carbocycles. The molecule has 8 heteroatoms. The summed E-state index contributed by atoms with van der Waals surface area (Å²) in [5.74, 6) is 0.831. The van der Waals surface area contributed by atoms with Crippen molar-refractivity contribution in [1.82, 2.24) is 14.7 Å². The van der Waals surface area contributed by atoms with E-state index in [0.717, 1.165) is 11.4 Å². The average molecular weight is 329 g/mol. The van der Waals surface area contributed by atoms with Gasteiger partial charge < -0.3 is 10.7 Å².